The number of hydrogen-bond acceptors (Lipinski definition) is 5. The lowest BCUT2D eigenvalue weighted by atomic mass is 9.92. The van der Waals surface area contributed by atoms with E-state index in [0.717, 1.165) is 59.4 Å². The lowest BCUT2D eigenvalue weighted by Gasteiger charge is -2.30. The molecule has 0 unspecified atom stereocenters. The molecule has 0 radical (unpaired) electrons. The van der Waals surface area contributed by atoms with Gasteiger partial charge in [-0.2, -0.15) is 5.10 Å². The quantitative estimate of drug-likeness (QED) is 0.273. The number of aryl methyl sites for hydroxylation is 1. The van der Waals surface area contributed by atoms with Crippen LogP contribution in [-0.2, 0) is 11.3 Å². The van der Waals surface area contributed by atoms with Gasteiger partial charge in [-0.1, -0.05) is 12.1 Å². The third kappa shape index (κ3) is 5.03. The number of hydrogen-bond donors (Lipinski definition) is 2. The van der Waals surface area contributed by atoms with Gasteiger partial charge in [-0.05, 0) is 69.5 Å². The Balaban J connectivity index is 1.38. The molecule has 2 heterocycles. The Labute approximate surface area is 211 Å². The van der Waals surface area contributed by atoms with Crippen molar-refractivity contribution in [1.29, 1.82) is 0 Å². The number of rotatable bonds is 9. The fourth-order valence-electron chi connectivity index (χ4n) is 4.65. The summed E-state index contributed by atoms with van der Waals surface area (Å²) in [6.07, 6.45) is 7.48. The molecule has 1 aliphatic carbocycles. The fourth-order valence-corrected chi connectivity index (χ4v) is 4.65. The molecule has 8 nitrogen and oxygen atoms in total. The van der Waals surface area contributed by atoms with Crippen LogP contribution in [0, 0.1) is 0 Å². The van der Waals surface area contributed by atoms with Crippen molar-refractivity contribution in [2.45, 2.75) is 58.2 Å². The summed E-state index contributed by atoms with van der Waals surface area (Å²) in [5, 5.41) is 8.01. The van der Waals surface area contributed by atoms with Crippen LogP contribution in [0.5, 0.6) is 5.75 Å². The van der Waals surface area contributed by atoms with Gasteiger partial charge in [0.05, 0.1) is 29.6 Å². The van der Waals surface area contributed by atoms with Crippen LogP contribution in [0.1, 0.15) is 45.6 Å². The summed E-state index contributed by atoms with van der Waals surface area (Å²) in [5.74, 6) is 0.815. The molecular formula is C28H33N5O3. The molecule has 2 aromatic heterocycles. The summed E-state index contributed by atoms with van der Waals surface area (Å²) in [7, 11) is 0. The molecule has 0 atom stereocenters. The molecule has 36 heavy (non-hydrogen) atoms. The molecule has 2 aromatic carbocycles. The SMILES string of the molecule is CC(C)OC(=O)Nc1ccc(-c2c(N)c3cc(OCCCn4cccn4)ccc3n2C2CCC2)cc1. The summed E-state index contributed by atoms with van der Waals surface area (Å²) in [4.78, 5) is 12.0. The van der Waals surface area contributed by atoms with Gasteiger partial charge in [0.1, 0.15) is 5.75 Å². The molecule has 1 aliphatic rings. The normalized spacial score (nSPS) is 13.6. The van der Waals surface area contributed by atoms with Gasteiger partial charge in [0.25, 0.3) is 0 Å². The van der Waals surface area contributed by atoms with Crippen molar-refractivity contribution in [3.05, 3.63) is 60.9 Å². The number of ether oxygens (including phenoxy) is 2. The standard InChI is InChI=1S/C28H33N5O3/c1-19(2)36-28(34)31-21-10-8-20(9-11-21)27-26(29)24-18-23(35-17-5-16-32-15-4-14-30-32)12-13-25(24)33(27)22-6-3-7-22/h4,8-15,18-19,22H,3,5-7,16-17,29H2,1-2H3,(H,31,34). The van der Waals surface area contributed by atoms with Crippen LogP contribution in [0.4, 0.5) is 16.2 Å². The van der Waals surface area contributed by atoms with E-state index in [0.29, 0.717) is 18.3 Å². The lowest BCUT2D eigenvalue weighted by molar-refractivity contribution is 0.130. The average Bonchev–Trinajstić information content (AvgIpc) is 3.43. The van der Waals surface area contributed by atoms with E-state index >= 15 is 0 Å². The van der Waals surface area contributed by atoms with Gasteiger partial charge in [0.2, 0.25) is 0 Å². The molecule has 3 N–H and O–H groups in total. The second-order valence-electron chi connectivity index (χ2n) is 9.52. The Morgan fingerprint density at radius 2 is 2.00 bits per heavy atom. The van der Waals surface area contributed by atoms with Gasteiger partial charge in [0, 0.05) is 48.0 Å². The van der Waals surface area contributed by atoms with Gasteiger partial charge in [-0.15, -0.1) is 0 Å². The van der Waals surface area contributed by atoms with Crippen molar-refractivity contribution < 1.29 is 14.3 Å². The molecule has 8 heteroatoms. The number of carbonyl (C=O) groups excluding carboxylic acids is 1. The minimum absolute atomic E-state index is 0.174. The highest BCUT2D eigenvalue weighted by molar-refractivity contribution is 6.02. The number of aromatic nitrogens is 3. The predicted octanol–water partition coefficient (Wildman–Crippen LogP) is 6.24. The van der Waals surface area contributed by atoms with E-state index in [9.17, 15) is 4.79 Å². The highest BCUT2D eigenvalue weighted by Crippen LogP contribution is 2.44. The zero-order chi connectivity index (χ0) is 25.1. The summed E-state index contributed by atoms with van der Waals surface area (Å²) in [5.41, 5.74) is 11.4. The number of anilines is 2. The number of fused-ring (bicyclic) bond motifs is 1. The van der Waals surface area contributed by atoms with Crippen molar-refractivity contribution >= 4 is 28.4 Å². The molecule has 5 rings (SSSR count). The molecule has 0 aliphatic heterocycles. The van der Waals surface area contributed by atoms with E-state index in [4.69, 9.17) is 15.2 Å². The summed E-state index contributed by atoms with van der Waals surface area (Å²) in [6.45, 7) is 5.07. The van der Waals surface area contributed by atoms with E-state index in [1.807, 2.05) is 61.1 Å². The maximum absolute atomic E-state index is 12.0. The molecule has 4 aromatic rings. The van der Waals surface area contributed by atoms with Gasteiger partial charge in [-0.25, -0.2) is 4.79 Å². The van der Waals surface area contributed by atoms with E-state index < -0.39 is 6.09 Å². The number of nitrogen functional groups attached to an aromatic ring is 1. The Kier molecular flexibility index (Phi) is 6.84. The average molecular weight is 488 g/mol. The van der Waals surface area contributed by atoms with Crippen LogP contribution in [0.15, 0.2) is 60.9 Å². The zero-order valence-corrected chi connectivity index (χ0v) is 20.8. The minimum atomic E-state index is -0.460. The second kappa shape index (κ2) is 10.4. The number of nitrogens with two attached hydrogens (primary N) is 1. The van der Waals surface area contributed by atoms with Gasteiger partial charge in [-0.3, -0.25) is 10.00 Å². The first kappa shape index (κ1) is 23.8. The molecule has 1 amide bonds. The Morgan fingerprint density at radius 1 is 1.19 bits per heavy atom. The number of nitrogens with zero attached hydrogens (tertiary/aromatic N) is 3. The zero-order valence-electron chi connectivity index (χ0n) is 20.8. The van der Waals surface area contributed by atoms with E-state index in [1.165, 1.54) is 6.42 Å². The summed E-state index contributed by atoms with van der Waals surface area (Å²) >= 11 is 0. The molecular weight excluding hydrogens is 454 g/mol. The first-order valence-corrected chi connectivity index (χ1v) is 12.6. The van der Waals surface area contributed by atoms with Gasteiger partial charge in [0.15, 0.2) is 0 Å². The monoisotopic (exact) mass is 487 g/mol. The van der Waals surface area contributed by atoms with Crippen molar-refractivity contribution in [3.8, 4) is 17.0 Å². The molecule has 1 saturated carbocycles. The smallest absolute Gasteiger partial charge is 0.411 e. The maximum Gasteiger partial charge on any atom is 0.411 e. The topological polar surface area (TPSA) is 96.3 Å². The third-order valence-corrected chi connectivity index (χ3v) is 6.56. The number of carbonyl (C=O) groups is 1. The number of benzene rings is 2. The summed E-state index contributed by atoms with van der Waals surface area (Å²) in [6, 6.07) is 16.3. The molecule has 0 bridgehead atoms. The highest BCUT2D eigenvalue weighted by Gasteiger charge is 2.27. The Hall–Kier alpha value is -3.94. The van der Waals surface area contributed by atoms with Crippen molar-refractivity contribution in [3.63, 3.8) is 0 Å². The first-order chi connectivity index (χ1) is 17.5. The largest absolute Gasteiger partial charge is 0.494 e. The number of amides is 1. The van der Waals surface area contributed by atoms with Crippen molar-refractivity contribution in [1.82, 2.24) is 14.3 Å². The van der Waals surface area contributed by atoms with Gasteiger partial charge >= 0.3 is 6.09 Å². The van der Waals surface area contributed by atoms with Crippen molar-refractivity contribution in [2.24, 2.45) is 0 Å². The summed E-state index contributed by atoms with van der Waals surface area (Å²) < 4.78 is 15.5. The third-order valence-electron chi connectivity index (χ3n) is 6.56. The first-order valence-electron chi connectivity index (χ1n) is 12.6. The minimum Gasteiger partial charge on any atom is -0.494 e. The van der Waals surface area contributed by atoms with Crippen LogP contribution >= 0.6 is 0 Å². The van der Waals surface area contributed by atoms with Crippen LogP contribution in [-0.4, -0.2) is 33.2 Å². The fraction of sp³-hybridized carbons (Fsp3) is 0.357. The van der Waals surface area contributed by atoms with E-state index in [1.54, 1.807) is 6.20 Å². The van der Waals surface area contributed by atoms with E-state index in [2.05, 4.69) is 27.1 Å². The highest BCUT2D eigenvalue weighted by atomic mass is 16.6. The molecule has 188 valence electrons. The maximum atomic E-state index is 12.0. The van der Waals surface area contributed by atoms with Gasteiger partial charge < -0.3 is 19.8 Å². The van der Waals surface area contributed by atoms with Crippen LogP contribution in [0.3, 0.4) is 0 Å². The predicted molar refractivity (Wildman–Crippen MR) is 142 cm³/mol. The van der Waals surface area contributed by atoms with Crippen LogP contribution in [0.2, 0.25) is 0 Å². The molecule has 0 saturated heterocycles. The molecule has 1 fully saturated rings. The second-order valence-corrected chi connectivity index (χ2v) is 9.52. The Bertz CT molecular complexity index is 1320. The van der Waals surface area contributed by atoms with Crippen molar-refractivity contribution in [2.75, 3.05) is 17.7 Å². The number of nitrogens with one attached hydrogen (secondary N) is 1. The van der Waals surface area contributed by atoms with E-state index in [-0.39, 0.29) is 6.10 Å². The lowest BCUT2D eigenvalue weighted by Crippen LogP contribution is -2.18. The van der Waals surface area contributed by atoms with Crippen LogP contribution in [0.25, 0.3) is 22.2 Å². The molecule has 0 spiro atoms. The Morgan fingerprint density at radius 3 is 2.67 bits per heavy atom. The van der Waals surface area contributed by atoms with Crippen LogP contribution < -0.4 is 15.8 Å².